The minimum Gasteiger partial charge on any atom is -0.369 e. The zero-order chi connectivity index (χ0) is 21.5. The number of hydrogen-bond acceptors (Lipinski definition) is 4. The molecule has 0 unspecified atom stereocenters. The Labute approximate surface area is 186 Å². The standard InChI is InChI=1S/C26H34N4O/c1-28-18-20-30(21-19-28)25-11-9-24(10-12-25)27-26(31)23-13-16-29(17-14-23)15-5-8-22-6-3-2-4-7-22/h2-12,23H,13-21H2,1H3,(H,27,31)/b8-5+. The molecule has 2 saturated heterocycles. The highest BCUT2D eigenvalue weighted by Gasteiger charge is 2.24. The fourth-order valence-corrected chi connectivity index (χ4v) is 4.34. The number of anilines is 2. The van der Waals surface area contributed by atoms with Crippen molar-refractivity contribution in [1.82, 2.24) is 9.80 Å². The minimum atomic E-state index is 0.103. The average molecular weight is 419 g/mol. The number of carbonyl (C=O) groups is 1. The van der Waals surface area contributed by atoms with E-state index in [2.05, 4.69) is 75.6 Å². The number of likely N-dealkylation sites (tertiary alicyclic amines) is 1. The molecular formula is C26H34N4O. The molecule has 164 valence electrons. The number of nitrogens with zero attached hydrogens (tertiary/aromatic N) is 3. The first-order valence-corrected chi connectivity index (χ1v) is 11.5. The van der Waals surface area contributed by atoms with E-state index < -0.39 is 0 Å². The maximum absolute atomic E-state index is 12.7. The van der Waals surface area contributed by atoms with Crippen LogP contribution < -0.4 is 10.2 Å². The van der Waals surface area contributed by atoms with Gasteiger partial charge in [0.25, 0.3) is 0 Å². The Hall–Kier alpha value is -2.63. The summed E-state index contributed by atoms with van der Waals surface area (Å²) >= 11 is 0. The number of rotatable bonds is 6. The molecule has 0 radical (unpaired) electrons. The zero-order valence-electron chi connectivity index (χ0n) is 18.5. The van der Waals surface area contributed by atoms with Crippen LogP contribution in [0.1, 0.15) is 18.4 Å². The summed E-state index contributed by atoms with van der Waals surface area (Å²) in [5.74, 6) is 0.262. The molecule has 2 aromatic carbocycles. The zero-order valence-corrected chi connectivity index (χ0v) is 18.5. The quantitative estimate of drug-likeness (QED) is 0.775. The van der Waals surface area contributed by atoms with Crippen LogP contribution in [0.3, 0.4) is 0 Å². The van der Waals surface area contributed by atoms with Crippen LogP contribution in [-0.4, -0.2) is 68.6 Å². The third kappa shape index (κ3) is 6.18. The summed E-state index contributed by atoms with van der Waals surface area (Å²) in [4.78, 5) is 19.9. The van der Waals surface area contributed by atoms with Gasteiger partial charge in [-0.25, -0.2) is 0 Å². The van der Waals surface area contributed by atoms with Crippen LogP contribution in [0.4, 0.5) is 11.4 Å². The van der Waals surface area contributed by atoms with Crippen LogP contribution in [0.2, 0.25) is 0 Å². The van der Waals surface area contributed by atoms with Crippen LogP contribution in [0.25, 0.3) is 6.08 Å². The summed E-state index contributed by atoms with van der Waals surface area (Å²) in [6.07, 6.45) is 6.23. The summed E-state index contributed by atoms with van der Waals surface area (Å²) in [6, 6.07) is 18.7. The first-order valence-electron chi connectivity index (χ1n) is 11.5. The summed E-state index contributed by atoms with van der Waals surface area (Å²) in [5.41, 5.74) is 3.37. The molecule has 2 aliphatic heterocycles. The lowest BCUT2D eigenvalue weighted by Gasteiger charge is -2.34. The van der Waals surface area contributed by atoms with E-state index >= 15 is 0 Å². The SMILES string of the molecule is CN1CCN(c2ccc(NC(=O)C3CCN(C/C=C/c4ccccc4)CC3)cc2)CC1. The summed E-state index contributed by atoms with van der Waals surface area (Å²) in [6.45, 7) is 7.19. The number of carbonyl (C=O) groups excluding carboxylic acids is 1. The fraction of sp³-hybridized carbons (Fsp3) is 0.423. The number of piperidine rings is 1. The van der Waals surface area contributed by atoms with Crippen molar-refractivity contribution in [1.29, 1.82) is 0 Å². The van der Waals surface area contributed by atoms with E-state index in [0.717, 1.165) is 64.3 Å². The molecule has 1 N–H and O–H groups in total. The Morgan fingerprint density at radius 1 is 0.935 bits per heavy atom. The smallest absolute Gasteiger partial charge is 0.227 e. The molecule has 4 rings (SSSR count). The molecule has 5 heteroatoms. The molecule has 0 spiro atoms. The maximum atomic E-state index is 12.7. The number of nitrogens with one attached hydrogen (secondary N) is 1. The van der Waals surface area contributed by atoms with Crippen molar-refractivity contribution in [2.45, 2.75) is 12.8 Å². The Morgan fingerprint density at radius 2 is 1.61 bits per heavy atom. The van der Waals surface area contributed by atoms with E-state index in [4.69, 9.17) is 0 Å². The van der Waals surface area contributed by atoms with Gasteiger partial charge in [-0.15, -0.1) is 0 Å². The molecule has 1 amide bonds. The van der Waals surface area contributed by atoms with E-state index in [1.807, 2.05) is 18.2 Å². The van der Waals surface area contributed by atoms with Crippen LogP contribution in [0.15, 0.2) is 60.7 Å². The number of hydrogen-bond donors (Lipinski definition) is 1. The topological polar surface area (TPSA) is 38.8 Å². The molecule has 0 saturated carbocycles. The molecule has 2 fully saturated rings. The number of amides is 1. The molecule has 0 aliphatic carbocycles. The highest BCUT2D eigenvalue weighted by atomic mass is 16.1. The summed E-state index contributed by atoms with van der Waals surface area (Å²) < 4.78 is 0. The molecule has 0 bridgehead atoms. The largest absolute Gasteiger partial charge is 0.369 e. The van der Waals surface area contributed by atoms with Crippen molar-refractivity contribution in [3.63, 3.8) is 0 Å². The second kappa shape index (κ2) is 10.6. The van der Waals surface area contributed by atoms with E-state index in [1.54, 1.807) is 0 Å². The molecule has 0 atom stereocenters. The van der Waals surface area contributed by atoms with Crippen molar-refractivity contribution in [2.24, 2.45) is 5.92 Å². The van der Waals surface area contributed by atoms with E-state index in [9.17, 15) is 4.79 Å². The van der Waals surface area contributed by atoms with Crippen molar-refractivity contribution >= 4 is 23.4 Å². The molecule has 31 heavy (non-hydrogen) atoms. The lowest BCUT2D eigenvalue weighted by Crippen LogP contribution is -2.44. The normalized spacial score (nSPS) is 19.1. The van der Waals surface area contributed by atoms with Crippen LogP contribution in [0.5, 0.6) is 0 Å². The predicted octanol–water partition coefficient (Wildman–Crippen LogP) is 3.80. The van der Waals surface area contributed by atoms with E-state index in [-0.39, 0.29) is 11.8 Å². The fourth-order valence-electron chi connectivity index (χ4n) is 4.34. The van der Waals surface area contributed by atoms with Gasteiger partial charge in [-0.3, -0.25) is 9.69 Å². The molecular weight excluding hydrogens is 384 g/mol. The van der Waals surface area contributed by atoms with Crippen molar-refractivity contribution in [2.75, 3.05) is 63.1 Å². The number of piperazine rings is 1. The minimum absolute atomic E-state index is 0.103. The van der Waals surface area contributed by atoms with Crippen LogP contribution >= 0.6 is 0 Å². The van der Waals surface area contributed by atoms with E-state index in [0.29, 0.717) is 0 Å². The molecule has 2 aliphatic rings. The molecule has 2 aromatic rings. The maximum Gasteiger partial charge on any atom is 0.227 e. The van der Waals surface area contributed by atoms with Gasteiger partial charge in [-0.2, -0.15) is 0 Å². The van der Waals surface area contributed by atoms with Gasteiger partial charge in [-0.1, -0.05) is 42.5 Å². The molecule has 2 heterocycles. The first-order chi connectivity index (χ1) is 15.2. The van der Waals surface area contributed by atoms with Crippen molar-refractivity contribution in [3.05, 3.63) is 66.2 Å². The third-order valence-corrected chi connectivity index (χ3v) is 6.44. The summed E-state index contributed by atoms with van der Waals surface area (Å²) in [7, 11) is 2.17. The van der Waals surface area contributed by atoms with Crippen molar-refractivity contribution < 1.29 is 4.79 Å². The molecule has 0 aromatic heterocycles. The third-order valence-electron chi connectivity index (χ3n) is 6.44. The van der Waals surface area contributed by atoms with Gasteiger partial charge in [0.15, 0.2) is 0 Å². The first kappa shape index (κ1) is 21.6. The van der Waals surface area contributed by atoms with Gasteiger partial charge in [0.2, 0.25) is 5.91 Å². The van der Waals surface area contributed by atoms with Gasteiger partial charge in [0.1, 0.15) is 0 Å². The van der Waals surface area contributed by atoms with Gasteiger partial charge in [0, 0.05) is 50.0 Å². The number of benzene rings is 2. The summed E-state index contributed by atoms with van der Waals surface area (Å²) in [5, 5.41) is 3.13. The Balaban J connectivity index is 1.20. The van der Waals surface area contributed by atoms with Gasteiger partial charge in [0.05, 0.1) is 0 Å². The molecule has 5 nitrogen and oxygen atoms in total. The Bertz CT molecular complexity index is 849. The Morgan fingerprint density at radius 3 is 2.29 bits per heavy atom. The highest BCUT2D eigenvalue weighted by molar-refractivity contribution is 5.92. The van der Waals surface area contributed by atoms with E-state index in [1.165, 1.54) is 11.3 Å². The van der Waals surface area contributed by atoms with Gasteiger partial charge in [-0.05, 0) is 62.8 Å². The van der Waals surface area contributed by atoms with Crippen LogP contribution in [-0.2, 0) is 4.79 Å². The lowest BCUT2D eigenvalue weighted by molar-refractivity contribution is -0.121. The lowest BCUT2D eigenvalue weighted by atomic mass is 9.95. The van der Waals surface area contributed by atoms with Gasteiger partial charge < -0.3 is 15.1 Å². The Kier molecular flexibility index (Phi) is 7.39. The average Bonchev–Trinajstić information content (AvgIpc) is 2.81. The monoisotopic (exact) mass is 418 g/mol. The second-order valence-corrected chi connectivity index (χ2v) is 8.71. The second-order valence-electron chi connectivity index (χ2n) is 8.71. The van der Waals surface area contributed by atoms with Crippen LogP contribution in [0, 0.1) is 5.92 Å². The predicted molar refractivity (Wildman–Crippen MR) is 129 cm³/mol. The van der Waals surface area contributed by atoms with Crippen molar-refractivity contribution in [3.8, 4) is 0 Å². The number of likely N-dealkylation sites (N-methyl/N-ethyl adjacent to an activating group) is 1. The highest BCUT2D eigenvalue weighted by Crippen LogP contribution is 2.22. The van der Waals surface area contributed by atoms with Gasteiger partial charge >= 0.3 is 0 Å².